The van der Waals surface area contributed by atoms with Crippen LogP contribution in [0.25, 0.3) is 11.1 Å². The van der Waals surface area contributed by atoms with Gasteiger partial charge in [0, 0.05) is 23.7 Å². The summed E-state index contributed by atoms with van der Waals surface area (Å²) in [5, 5.41) is 0. The Labute approximate surface area is 125 Å². The van der Waals surface area contributed by atoms with Crippen molar-refractivity contribution in [2.45, 2.75) is 44.6 Å². The summed E-state index contributed by atoms with van der Waals surface area (Å²) in [6, 6.07) is 6.62. The zero-order valence-corrected chi connectivity index (χ0v) is 12.3. The third-order valence-electron chi connectivity index (χ3n) is 4.88. The zero-order chi connectivity index (χ0) is 14.3. The second-order valence-corrected chi connectivity index (χ2v) is 6.32. The average Bonchev–Trinajstić information content (AvgIpc) is 2.88. The van der Waals surface area contributed by atoms with Crippen LogP contribution in [0.2, 0.25) is 0 Å². The number of aromatic nitrogens is 2. The van der Waals surface area contributed by atoms with Crippen LogP contribution in [-0.4, -0.2) is 21.2 Å². The van der Waals surface area contributed by atoms with Crippen molar-refractivity contribution in [3.63, 3.8) is 0 Å². The third-order valence-corrected chi connectivity index (χ3v) is 4.88. The van der Waals surface area contributed by atoms with Crippen LogP contribution in [0.3, 0.4) is 0 Å². The maximum Gasteiger partial charge on any atom is 0.115 e. The Morgan fingerprint density at radius 3 is 2.62 bits per heavy atom. The topological polar surface area (TPSA) is 38.1 Å². The molecule has 1 atom stereocenters. The molecule has 3 nitrogen and oxygen atoms in total. The van der Waals surface area contributed by atoms with E-state index in [9.17, 15) is 0 Å². The van der Waals surface area contributed by atoms with E-state index in [1.54, 1.807) is 6.33 Å². The lowest BCUT2D eigenvalue weighted by Gasteiger charge is -2.33. The molecule has 0 bridgehead atoms. The first-order valence-corrected chi connectivity index (χ1v) is 7.67. The van der Waals surface area contributed by atoms with Gasteiger partial charge in [-0.3, -0.25) is 4.99 Å². The monoisotopic (exact) mass is 277 g/mol. The van der Waals surface area contributed by atoms with E-state index in [1.807, 2.05) is 12.4 Å². The van der Waals surface area contributed by atoms with Gasteiger partial charge in [0.1, 0.15) is 6.33 Å². The smallest absolute Gasteiger partial charge is 0.115 e. The molecule has 2 aromatic rings. The first-order valence-electron chi connectivity index (χ1n) is 7.67. The molecule has 0 amide bonds. The molecule has 3 heteroatoms. The molecule has 1 aromatic carbocycles. The minimum absolute atomic E-state index is 0.183. The van der Waals surface area contributed by atoms with Gasteiger partial charge in [-0.1, -0.05) is 18.2 Å². The van der Waals surface area contributed by atoms with Crippen molar-refractivity contribution in [3.8, 4) is 11.1 Å². The second kappa shape index (κ2) is 4.76. The van der Waals surface area contributed by atoms with Gasteiger partial charge in [-0.05, 0) is 55.7 Å². The molecule has 21 heavy (non-hydrogen) atoms. The molecule has 0 radical (unpaired) electrons. The molecule has 0 saturated heterocycles. The summed E-state index contributed by atoms with van der Waals surface area (Å²) in [5.41, 5.74) is 6.85. The van der Waals surface area contributed by atoms with Gasteiger partial charge >= 0.3 is 0 Å². The highest BCUT2D eigenvalue weighted by molar-refractivity contribution is 5.84. The molecule has 0 N–H and O–H groups in total. The fraction of sp³-hybridized carbons (Fsp3) is 0.389. The summed E-state index contributed by atoms with van der Waals surface area (Å²) >= 11 is 0. The van der Waals surface area contributed by atoms with Crippen LogP contribution in [0.5, 0.6) is 0 Å². The summed E-state index contributed by atoms with van der Waals surface area (Å²) in [7, 11) is 0. The zero-order valence-electron chi connectivity index (χ0n) is 12.3. The van der Waals surface area contributed by atoms with E-state index in [2.05, 4.69) is 35.1 Å². The first-order chi connectivity index (χ1) is 10.3. The molecule has 1 aromatic heterocycles. The Kier molecular flexibility index (Phi) is 2.88. The van der Waals surface area contributed by atoms with Crippen molar-refractivity contribution < 1.29 is 0 Å². The SMILES string of the molecule is CC1=N[C@]2(CC1)CCc1c(cccc1-c1cncnc1)C2. The van der Waals surface area contributed by atoms with Gasteiger partial charge < -0.3 is 0 Å². The lowest BCUT2D eigenvalue weighted by Crippen LogP contribution is -2.32. The molecule has 0 fully saturated rings. The minimum atomic E-state index is 0.183. The average molecular weight is 277 g/mol. The molecule has 2 heterocycles. The van der Waals surface area contributed by atoms with Crippen LogP contribution in [0, 0.1) is 0 Å². The van der Waals surface area contributed by atoms with Crippen LogP contribution in [0.15, 0.2) is 41.9 Å². The van der Waals surface area contributed by atoms with Crippen molar-refractivity contribution >= 4 is 5.71 Å². The van der Waals surface area contributed by atoms with Crippen LogP contribution >= 0.6 is 0 Å². The van der Waals surface area contributed by atoms with Crippen molar-refractivity contribution in [3.05, 3.63) is 48.0 Å². The second-order valence-electron chi connectivity index (χ2n) is 6.32. The number of hydrogen-bond acceptors (Lipinski definition) is 3. The fourth-order valence-electron chi connectivity index (χ4n) is 3.84. The minimum Gasteiger partial charge on any atom is -0.287 e. The number of nitrogens with zero attached hydrogens (tertiary/aromatic N) is 3. The quantitative estimate of drug-likeness (QED) is 0.798. The molecule has 0 unspecified atom stereocenters. The Morgan fingerprint density at radius 2 is 1.86 bits per heavy atom. The normalized spacial score (nSPS) is 24.0. The van der Waals surface area contributed by atoms with Crippen molar-refractivity contribution in [2.75, 3.05) is 0 Å². The molecule has 1 aliphatic heterocycles. The highest BCUT2D eigenvalue weighted by Gasteiger charge is 2.37. The first kappa shape index (κ1) is 12.7. The van der Waals surface area contributed by atoms with Gasteiger partial charge in [0.05, 0.1) is 5.54 Å². The van der Waals surface area contributed by atoms with Gasteiger partial charge in [0.2, 0.25) is 0 Å². The number of fused-ring (bicyclic) bond motifs is 1. The summed E-state index contributed by atoms with van der Waals surface area (Å²) in [6.45, 7) is 2.17. The van der Waals surface area contributed by atoms with Gasteiger partial charge in [0.25, 0.3) is 0 Å². The molecular weight excluding hydrogens is 258 g/mol. The number of hydrogen-bond donors (Lipinski definition) is 0. The molecule has 4 rings (SSSR count). The van der Waals surface area contributed by atoms with E-state index in [1.165, 1.54) is 41.7 Å². The van der Waals surface area contributed by atoms with Crippen molar-refractivity contribution in [2.24, 2.45) is 4.99 Å². The van der Waals surface area contributed by atoms with Crippen LogP contribution < -0.4 is 0 Å². The molecule has 0 saturated carbocycles. The predicted octanol–water partition coefficient (Wildman–Crippen LogP) is 3.63. The van der Waals surface area contributed by atoms with Crippen LogP contribution in [0.4, 0.5) is 0 Å². The Balaban J connectivity index is 1.75. The van der Waals surface area contributed by atoms with Gasteiger partial charge in [-0.15, -0.1) is 0 Å². The molecule has 1 aliphatic carbocycles. The van der Waals surface area contributed by atoms with E-state index in [-0.39, 0.29) is 5.54 Å². The van der Waals surface area contributed by atoms with Gasteiger partial charge in [-0.25, -0.2) is 9.97 Å². The Morgan fingerprint density at radius 1 is 1.05 bits per heavy atom. The number of aliphatic imine (C=N–C) groups is 1. The van der Waals surface area contributed by atoms with Crippen LogP contribution in [-0.2, 0) is 12.8 Å². The van der Waals surface area contributed by atoms with E-state index in [4.69, 9.17) is 4.99 Å². The van der Waals surface area contributed by atoms with Gasteiger partial charge in [-0.2, -0.15) is 0 Å². The number of rotatable bonds is 1. The highest BCUT2D eigenvalue weighted by atomic mass is 14.9. The Bertz CT molecular complexity index is 706. The largest absolute Gasteiger partial charge is 0.287 e. The van der Waals surface area contributed by atoms with E-state index in [0.29, 0.717) is 0 Å². The summed E-state index contributed by atoms with van der Waals surface area (Å²) in [6.07, 6.45) is 11.2. The van der Waals surface area contributed by atoms with Crippen molar-refractivity contribution in [1.29, 1.82) is 0 Å². The highest BCUT2D eigenvalue weighted by Crippen LogP contribution is 2.41. The van der Waals surface area contributed by atoms with Crippen molar-refractivity contribution in [1.82, 2.24) is 9.97 Å². The molecule has 1 spiro atoms. The lowest BCUT2D eigenvalue weighted by atomic mass is 9.75. The van der Waals surface area contributed by atoms with Crippen LogP contribution in [0.1, 0.15) is 37.3 Å². The van der Waals surface area contributed by atoms with E-state index < -0.39 is 0 Å². The maximum absolute atomic E-state index is 4.97. The standard InChI is InChI=1S/C18H19N3/c1-13-5-7-18(21-13)8-6-17-14(9-18)3-2-4-16(17)15-10-19-12-20-11-15/h2-4,10-12H,5-9H2,1H3/t18-/m1/s1. The van der Waals surface area contributed by atoms with E-state index in [0.717, 1.165) is 18.4 Å². The Hall–Kier alpha value is -2.03. The number of benzene rings is 1. The predicted molar refractivity (Wildman–Crippen MR) is 84.6 cm³/mol. The lowest BCUT2D eigenvalue weighted by molar-refractivity contribution is 0.375. The van der Waals surface area contributed by atoms with E-state index >= 15 is 0 Å². The summed E-state index contributed by atoms with van der Waals surface area (Å²) < 4.78 is 0. The molecular formula is C18H19N3. The maximum atomic E-state index is 4.97. The third kappa shape index (κ3) is 2.17. The summed E-state index contributed by atoms with van der Waals surface area (Å²) in [5.74, 6) is 0. The molecule has 106 valence electrons. The van der Waals surface area contributed by atoms with Gasteiger partial charge in [0.15, 0.2) is 0 Å². The summed E-state index contributed by atoms with van der Waals surface area (Å²) in [4.78, 5) is 13.3. The molecule has 2 aliphatic rings. The fourth-order valence-corrected chi connectivity index (χ4v) is 3.84.